The molecule has 1 amide bonds. The van der Waals surface area contributed by atoms with Crippen molar-refractivity contribution in [1.29, 1.82) is 0 Å². The summed E-state index contributed by atoms with van der Waals surface area (Å²) in [6.45, 7) is 3.80. The van der Waals surface area contributed by atoms with Gasteiger partial charge in [-0.05, 0) is 38.2 Å². The minimum atomic E-state index is -0.274. The number of fused-ring (bicyclic) bond motifs is 5. The molecule has 5 rings (SSSR count). The molecule has 4 heterocycles. The summed E-state index contributed by atoms with van der Waals surface area (Å²) in [5, 5.41) is 12.5. The van der Waals surface area contributed by atoms with Crippen LogP contribution < -0.4 is 16.0 Å². The molecule has 0 atom stereocenters. The van der Waals surface area contributed by atoms with Gasteiger partial charge in [-0.2, -0.15) is 0 Å². The predicted octanol–water partition coefficient (Wildman–Crippen LogP) is 1.51. The van der Waals surface area contributed by atoms with Crippen molar-refractivity contribution in [2.24, 2.45) is 0 Å². The quantitative estimate of drug-likeness (QED) is 0.522. The van der Waals surface area contributed by atoms with E-state index < -0.39 is 0 Å². The van der Waals surface area contributed by atoms with Gasteiger partial charge in [0.15, 0.2) is 17.1 Å². The van der Waals surface area contributed by atoms with Crippen LogP contribution >= 0.6 is 0 Å². The molecule has 0 radical (unpaired) electrons. The van der Waals surface area contributed by atoms with Gasteiger partial charge in [0.05, 0.1) is 16.7 Å². The largest absolute Gasteiger partial charge is 0.397 e. The first kappa shape index (κ1) is 18.6. The molecule has 1 aromatic carbocycles. The fraction of sp³-hybridized carbons (Fsp3) is 0.333. The Kier molecular flexibility index (Phi) is 4.39. The normalized spacial score (nSPS) is 15.7. The van der Waals surface area contributed by atoms with E-state index in [1.807, 2.05) is 34.7 Å². The van der Waals surface area contributed by atoms with E-state index in [-0.39, 0.29) is 5.91 Å². The Morgan fingerprint density at radius 1 is 1.10 bits per heavy atom. The van der Waals surface area contributed by atoms with Gasteiger partial charge in [-0.15, -0.1) is 10.2 Å². The maximum absolute atomic E-state index is 12.7. The number of benzene rings is 1. The van der Waals surface area contributed by atoms with E-state index >= 15 is 0 Å². The zero-order valence-corrected chi connectivity index (χ0v) is 17.1. The molecule has 9 heteroatoms. The van der Waals surface area contributed by atoms with Crippen molar-refractivity contribution in [1.82, 2.24) is 29.8 Å². The van der Waals surface area contributed by atoms with Crippen LogP contribution in [0.4, 0.5) is 11.5 Å². The van der Waals surface area contributed by atoms with Gasteiger partial charge in [0, 0.05) is 32.1 Å². The summed E-state index contributed by atoms with van der Waals surface area (Å²) in [7, 11) is 3.72. The monoisotopic (exact) mass is 404 g/mol. The molecule has 0 spiro atoms. The molecule has 4 aromatic rings. The second kappa shape index (κ2) is 7.10. The predicted molar refractivity (Wildman–Crippen MR) is 118 cm³/mol. The Labute approximate surface area is 173 Å². The molecule has 0 bridgehead atoms. The number of nitrogens with two attached hydrogens (primary N) is 1. The number of nitrogens with one attached hydrogen (secondary N) is 1. The first-order valence-electron chi connectivity index (χ1n) is 10.1. The smallest absolute Gasteiger partial charge is 0.256 e. The van der Waals surface area contributed by atoms with Crippen LogP contribution in [0.3, 0.4) is 0 Å². The average Bonchev–Trinajstić information content (AvgIpc) is 3.00. The maximum Gasteiger partial charge on any atom is 0.256 e. The number of rotatable bonds is 2. The lowest BCUT2D eigenvalue weighted by Crippen LogP contribution is -2.29. The number of hydrogen-bond acceptors (Lipinski definition) is 7. The number of likely N-dealkylation sites (N-methyl/N-ethyl adjacent to an activating group) is 1. The molecule has 9 nitrogen and oxygen atoms in total. The van der Waals surface area contributed by atoms with E-state index in [4.69, 9.17) is 5.73 Å². The van der Waals surface area contributed by atoms with Crippen LogP contribution in [-0.4, -0.2) is 70.7 Å². The molecule has 30 heavy (non-hydrogen) atoms. The standard InChI is InChI=1S/C21H24N8O/c1-23-21(30)17-18(22)13-12-16(28-9-5-8-27(2)10-11-28)25-26-19(13)29-15-7-4-3-6-14(15)24-20(17)29/h3-4,6-7,12H,5,8-11,22H2,1-2H3,(H,23,30). The number of amides is 1. The van der Waals surface area contributed by atoms with Crippen LogP contribution in [0.1, 0.15) is 16.8 Å². The molecule has 0 saturated carbocycles. The number of para-hydroxylation sites is 2. The molecule has 1 aliphatic heterocycles. The van der Waals surface area contributed by atoms with Crippen LogP contribution in [0.15, 0.2) is 30.3 Å². The van der Waals surface area contributed by atoms with Gasteiger partial charge < -0.3 is 20.9 Å². The number of carbonyl (C=O) groups is 1. The van der Waals surface area contributed by atoms with Gasteiger partial charge in [0.25, 0.3) is 5.91 Å². The zero-order chi connectivity index (χ0) is 20.8. The summed E-state index contributed by atoms with van der Waals surface area (Å²) < 4.78 is 1.87. The van der Waals surface area contributed by atoms with E-state index in [1.165, 1.54) is 0 Å². The maximum atomic E-state index is 12.7. The summed E-state index contributed by atoms with van der Waals surface area (Å²) in [6.07, 6.45) is 1.06. The fourth-order valence-electron chi connectivity index (χ4n) is 4.18. The number of nitrogens with zero attached hydrogens (tertiary/aromatic N) is 6. The summed E-state index contributed by atoms with van der Waals surface area (Å²) in [5.74, 6) is 0.501. The second-order valence-electron chi connectivity index (χ2n) is 7.71. The Balaban J connectivity index is 1.79. The first-order chi connectivity index (χ1) is 14.6. The SMILES string of the molecule is CNC(=O)c1c(N)c2cc(N3CCCN(C)CC3)nnc2n2c1nc1ccccc12. The van der Waals surface area contributed by atoms with Gasteiger partial charge in [-0.1, -0.05) is 12.1 Å². The molecule has 0 aliphatic carbocycles. The first-order valence-corrected chi connectivity index (χ1v) is 10.1. The number of imidazole rings is 1. The van der Waals surface area contributed by atoms with E-state index in [0.717, 1.165) is 49.5 Å². The highest BCUT2D eigenvalue weighted by molar-refractivity contribution is 6.13. The van der Waals surface area contributed by atoms with Gasteiger partial charge in [-0.25, -0.2) is 4.98 Å². The molecule has 0 unspecified atom stereocenters. The molecular formula is C21H24N8O. The van der Waals surface area contributed by atoms with Gasteiger partial charge in [-0.3, -0.25) is 9.20 Å². The van der Waals surface area contributed by atoms with Gasteiger partial charge in [0.2, 0.25) is 0 Å². The molecule has 1 saturated heterocycles. The molecule has 3 N–H and O–H groups in total. The third-order valence-corrected chi connectivity index (χ3v) is 5.81. The zero-order valence-electron chi connectivity index (χ0n) is 17.1. The number of hydrogen-bond donors (Lipinski definition) is 2. The van der Waals surface area contributed by atoms with E-state index in [2.05, 4.69) is 37.3 Å². The third kappa shape index (κ3) is 2.81. The number of carbonyl (C=O) groups excluding carboxylic acids is 1. The van der Waals surface area contributed by atoms with Crippen molar-refractivity contribution >= 4 is 45.1 Å². The molecule has 1 aliphatic rings. The highest BCUT2D eigenvalue weighted by atomic mass is 16.1. The molecule has 3 aromatic heterocycles. The Morgan fingerprint density at radius 3 is 2.77 bits per heavy atom. The average molecular weight is 404 g/mol. The van der Waals surface area contributed by atoms with Crippen molar-refractivity contribution in [2.75, 3.05) is 50.9 Å². The molecule has 154 valence electrons. The van der Waals surface area contributed by atoms with Crippen molar-refractivity contribution in [3.05, 3.63) is 35.9 Å². The number of nitrogen functional groups attached to an aromatic ring is 1. The fourth-order valence-corrected chi connectivity index (χ4v) is 4.18. The van der Waals surface area contributed by atoms with Crippen LogP contribution in [-0.2, 0) is 0 Å². The van der Waals surface area contributed by atoms with Crippen LogP contribution in [0, 0.1) is 0 Å². The number of anilines is 2. The van der Waals surface area contributed by atoms with Crippen molar-refractivity contribution in [3.63, 3.8) is 0 Å². The van der Waals surface area contributed by atoms with E-state index in [1.54, 1.807) is 7.05 Å². The minimum absolute atomic E-state index is 0.274. The Morgan fingerprint density at radius 2 is 1.93 bits per heavy atom. The lowest BCUT2D eigenvalue weighted by molar-refractivity contribution is 0.0965. The second-order valence-corrected chi connectivity index (χ2v) is 7.71. The third-order valence-electron chi connectivity index (χ3n) is 5.81. The van der Waals surface area contributed by atoms with E-state index in [0.29, 0.717) is 27.9 Å². The lowest BCUT2D eigenvalue weighted by Gasteiger charge is -2.21. The van der Waals surface area contributed by atoms with Gasteiger partial charge in [0.1, 0.15) is 5.56 Å². The number of aromatic nitrogens is 4. The van der Waals surface area contributed by atoms with Crippen molar-refractivity contribution in [2.45, 2.75) is 6.42 Å². The lowest BCUT2D eigenvalue weighted by atomic mass is 10.1. The van der Waals surface area contributed by atoms with Crippen LogP contribution in [0.5, 0.6) is 0 Å². The van der Waals surface area contributed by atoms with Crippen LogP contribution in [0.2, 0.25) is 0 Å². The van der Waals surface area contributed by atoms with Crippen LogP contribution in [0.25, 0.3) is 27.7 Å². The minimum Gasteiger partial charge on any atom is -0.397 e. The number of pyridine rings is 1. The summed E-state index contributed by atoms with van der Waals surface area (Å²) in [4.78, 5) is 21.9. The highest BCUT2D eigenvalue weighted by Gasteiger charge is 2.23. The summed E-state index contributed by atoms with van der Waals surface area (Å²) in [6, 6.07) is 9.67. The molecule has 1 fully saturated rings. The highest BCUT2D eigenvalue weighted by Crippen LogP contribution is 2.32. The van der Waals surface area contributed by atoms with Gasteiger partial charge >= 0.3 is 0 Å². The van der Waals surface area contributed by atoms with Crippen molar-refractivity contribution in [3.8, 4) is 0 Å². The molecular weight excluding hydrogens is 380 g/mol. The summed E-state index contributed by atoms with van der Waals surface area (Å²) >= 11 is 0. The van der Waals surface area contributed by atoms with Crippen molar-refractivity contribution < 1.29 is 4.79 Å². The Hall–Kier alpha value is -3.46. The Bertz CT molecular complexity index is 1280. The van der Waals surface area contributed by atoms with E-state index in [9.17, 15) is 4.79 Å². The summed E-state index contributed by atoms with van der Waals surface area (Å²) in [5.41, 5.74) is 9.97. The topological polar surface area (TPSA) is 105 Å².